The van der Waals surface area contributed by atoms with Gasteiger partial charge in [-0.25, -0.2) is 0 Å². The smallest absolute Gasteiger partial charge is 0.120 e. The van der Waals surface area contributed by atoms with Gasteiger partial charge in [-0.1, -0.05) is 24.3 Å². The van der Waals surface area contributed by atoms with E-state index < -0.39 is 6.10 Å². The fourth-order valence-corrected chi connectivity index (χ4v) is 2.03. The second kappa shape index (κ2) is 6.44. The summed E-state index contributed by atoms with van der Waals surface area (Å²) in [7, 11) is 1.61. The first-order valence-corrected chi connectivity index (χ1v) is 6.69. The molecule has 0 amide bonds. The number of aliphatic hydroxyl groups excluding tert-OH is 1. The van der Waals surface area contributed by atoms with Crippen molar-refractivity contribution < 1.29 is 14.6 Å². The minimum absolute atomic E-state index is 0.110. The van der Waals surface area contributed by atoms with E-state index in [1.807, 2.05) is 62.4 Å². The molecule has 1 unspecified atom stereocenters. The van der Waals surface area contributed by atoms with Crippen LogP contribution in [0.15, 0.2) is 48.5 Å². The van der Waals surface area contributed by atoms with Gasteiger partial charge in [-0.2, -0.15) is 0 Å². The Kier molecular flexibility index (Phi) is 4.64. The van der Waals surface area contributed by atoms with Crippen LogP contribution in [0.1, 0.15) is 31.1 Å². The fourth-order valence-electron chi connectivity index (χ4n) is 2.03. The number of hydrogen-bond donors (Lipinski definition) is 1. The van der Waals surface area contributed by atoms with Crippen LogP contribution in [0.25, 0.3) is 0 Å². The summed E-state index contributed by atoms with van der Waals surface area (Å²) in [6.45, 7) is 3.95. The van der Waals surface area contributed by atoms with Crippen LogP contribution in [0.5, 0.6) is 11.5 Å². The zero-order valence-corrected chi connectivity index (χ0v) is 12.0. The maximum absolute atomic E-state index is 10.5. The van der Waals surface area contributed by atoms with Crippen LogP contribution >= 0.6 is 0 Å². The summed E-state index contributed by atoms with van der Waals surface area (Å²) in [6.07, 6.45) is -0.583. The summed E-state index contributed by atoms with van der Waals surface area (Å²) in [5, 5.41) is 10.5. The molecule has 3 heteroatoms. The Morgan fingerprint density at radius 3 is 2.00 bits per heavy atom. The predicted octanol–water partition coefficient (Wildman–Crippen LogP) is 3.56. The van der Waals surface area contributed by atoms with Crippen LogP contribution in [0.2, 0.25) is 0 Å². The van der Waals surface area contributed by atoms with Crippen molar-refractivity contribution in [3.8, 4) is 11.5 Å². The van der Waals surface area contributed by atoms with Gasteiger partial charge >= 0.3 is 0 Å². The highest BCUT2D eigenvalue weighted by Gasteiger charge is 2.12. The van der Waals surface area contributed by atoms with E-state index in [1.54, 1.807) is 7.11 Å². The number of aliphatic hydroxyl groups is 1. The second-order valence-electron chi connectivity index (χ2n) is 4.92. The summed E-state index contributed by atoms with van der Waals surface area (Å²) in [5.41, 5.74) is 1.60. The SMILES string of the molecule is COc1cccc(C(O)c2cccc(OC(C)C)c2)c1. The quantitative estimate of drug-likeness (QED) is 0.904. The molecule has 0 saturated heterocycles. The number of benzene rings is 2. The highest BCUT2D eigenvalue weighted by molar-refractivity contribution is 5.38. The van der Waals surface area contributed by atoms with Gasteiger partial charge in [0.15, 0.2) is 0 Å². The van der Waals surface area contributed by atoms with Gasteiger partial charge in [0.2, 0.25) is 0 Å². The van der Waals surface area contributed by atoms with Crippen molar-refractivity contribution in [1.82, 2.24) is 0 Å². The molecule has 0 aliphatic carbocycles. The van der Waals surface area contributed by atoms with Gasteiger partial charge in [0.1, 0.15) is 17.6 Å². The molecule has 0 bridgehead atoms. The third-order valence-electron chi connectivity index (χ3n) is 2.96. The van der Waals surface area contributed by atoms with Crippen LogP contribution < -0.4 is 9.47 Å². The first-order chi connectivity index (χ1) is 9.60. The summed E-state index contributed by atoms with van der Waals surface area (Å²) in [6, 6.07) is 15.0. The van der Waals surface area contributed by atoms with Gasteiger partial charge in [-0.3, -0.25) is 0 Å². The summed E-state index contributed by atoms with van der Waals surface area (Å²) in [4.78, 5) is 0. The Morgan fingerprint density at radius 2 is 1.45 bits per heavy atom. The maximum atomic E-state index is 10.5. The summed E-state index contributed by atoms with van der Waals surface area (Å²) < 4.78 is 10.8. The standard InChI is InChI=1S/C17H20O3/c1-12(2)20-16-9-5-7-14(11-16)17(18)13-6-4-8-15(10-13)19-3/h4-12,17-18H,1-3H3. The molecule has 0 aliphatic rings. The minimum atomic E-state index is -0.694. The zero-order chi connectivity index (χ0) is 14.5. The zero-order valence-electron chi connectivity index (χ0n) is 12.0. The highest BCUT2D eigenvalue weighted by atomic mass is 16.5. The number of ether oxygens (including phenoxy) is 2. The molecule has 2 rings (SSSR count). The van der Waals surface area contributed by atoms with Crippen LogP contribution in [0.3, 0.4) is 0 Å². The molecule has 1 N–H and O–H groups in total. The van der Waals surface area contributed by atoms with E-state index in [2.05, 4.69) is 0 Å². The van der Waals surface area contributed by atoms with Gasteiger partial charge in [0.25, 0.3) is 0 Å². The van der Waals surface area contributed by atoms with Gasteiger partial charge in [-0.05, 0) is 49.2 Å². The molecule has 0 radical (unpaired) electrons. The van der Waals surface area contributed by atoms with E-state index >= 15 is 0 Å². The maximum Gasteiger partial charge on any atom is 0.120 e. The lowest BCUT2D eigenvalue weighted by Gasteiger charge is -2.15. The van der Waals surface area contributed by atoms with Gasteiger partial charge < -0.3 is 14.6 Å². The average Bonchev–Trinajstić information content (AvgIpc) is 2.46. The average molecular weight is 272 g/mol. The van der Waals surface area contributed by atoms with E-state index in [1.165, 1.54) is 0 Å². The van der Waals surface area contributed by atoms with E-state index in [0.29, 0.717) is 0 Å². The number of hydrogen-bond acceptors (Lipinski definition) is 3. The molecule has 0 saturated carbocycles. The molecular weight excluding hydrogens is 252 g/mol. The molecule has 20 heavy (non-hydrogen) atoms. The Balaban J connectivity index is 2.25. The summed E-state index contributed by atoms with van der Waals surface area (Å²) >= 11 is 0. The summed E-state index contributed by atoms with van der Waals surface area (Å²) in [5.74, 6) is 1.50. The largest absolute Gasteiger partial charge is 0.497 e. The molecule has 106 valence electrons. The highest BCUT2D eigenvalue weighted by Crippen LogP contribution is 2.27. The van der Waals surface area contributed by atoms with E-state index in [4.69, 9.17) is 9.47 Å². The molecule has 2 aromatic carbocycles. The molecule has 0 aromatic heterocycles. The van der Waals surface area contributed by atoms with Gasteiger partial charge in [0, 0.05) is 0 Å². The second-order valence-corrected chi connectivity index (χ2v) is 4.92. The van der Waals surface area contributed by atoms with Crippen molar-refractivity contribution in [1.29, 1.82) is 0 Å². The topological polar surface area (TPSA) is 38.7 Å². The lowest BCUT2D eigenvalue weighted by Crippen LogP contribution is -2.06. The molecule has 0 aliphatic heterocycles. The van der Waals surface area contributed by atoms with Crippen LogP contribution in [0, 0.1) is 0 Å². The third-order valence-corrected chi connectivity index (χ3v) is 2.96. The van der Waals surface area contributed by atoms with E-state index in [9.17, 15) is 5.11 Å². The Hall–Kier alpha value is -2.00. The van der Waals surface area contributed by atoms with Crippen molar-refractivity contribution in [3.05, 3.63) is 59.7 Å². The molecule has 0 fully saturated rings. The van der Waals surface area contributed by atoms with E-state index in [-0.39, 0.29) is 6.10 Å². The first-order valence-electron chi connectivity index (χ1n) is 6.69. The van der Waals surface area contributed by atoms with Crippen molar-refractivity contribution in [3.63, 3.8) is 0 Å². The predicted molar refractivity (Wildman–Crippen MR) is 79.3 cm³/mol. The van der Waals surface area contributed by atoms with Crippen molar-refractivity contribution in [2.24, 2.45) is 0 Å². The van der Waals surface area contributed by atoms with Crippen molar-refractivity contribution >= 4 is 0 Å². The van der Waals surface area contributed by atoms with Crippen LogP contribution in [-0.4, -0.2) is 18.3 Å². The van der Waals surface area contributed by atoms with Crippen molar-refractivity contribution in [2.75, 3.05) is 7.11 Å². The lowest BCUT2D eigenvalue weighted by atomic mass is 10.0. The van der Waals surface area contributed by atoms with Crippen LogP contribution in [-0.2, 0) is 0 Å². The Bertz CT molecular complexity index is 564. The third kappa shape index (κ3) is 3.52. The normalized spacial score (nSPS) is 12.2. The minimum Gasteiger partial charge on any atom is -0.497 e. The number of methoxy groups -OCH3 is 1. The molecule has 0 spiro atoms. The van der Waals surface area contributed by atoms with Gasteiger partial charge in [0.05, 0.1) is 13.2 Å². The Labute approximate surface area is 119 Å². The van der Waals surface area contributed by atoms with Crippen molar-refractivity contribution in [2.45, 2.75) is 26.1 Å². The van der Waals surface area contributed by atoms with Gasteiger partial charge in [-0.15, -0.1) is 0 Å². The fraction of sp³-hybridized carbons (Fsp3) is 0.294. The molecule has 1 atom stereocenters. The molecule has 0 heterocycles. The molecule has 2 aromatic rings. The Morgan fingerprint density at radius 1 is 0.900 bits per heavy atom. The molecular formula is C17H20O3. The molecule has 3 nitrogen and oxygen atoms in total. The number of rotatable bonds is 5. The lowest BCUT2D eigenvalue weighted by molar-refractivity contribution is 0.216. The first kappa shape index (κ1) is 14.4. The van der Waals surface area contributed by atoms with E-state index in [0.717, 1.165) is 22.6 Å². The monoisotopic (exact) mass is 272 g/mol. The van der Waals surface area contributed by atoms with Crippen LogP contribution in [0.4, 0.5) is 0 Å².